The second kappa shape index (κ2) is 7.78. The van der Waals surface area contributed by atoms with E-state index in [0.29, 0.717) is 12.1 Å². The molecule has 0 aromatic heterocycles. The molecule has 0 heterocycles. The number of nitrogens with zero attached hydrogens (tertiary/aromatic N) is 1. The quantitative estimate of drug-likeness (QED) is 0.811. The maximum absolute atomic E-state index is 6.06. The van der Waals surface area contributed by atoms with Crippen molar-refractivity contribution in [2.45, 2.75) is 38.8 Å². The molecular weight excluding hydrogens is 244 g/mol. The van der Waals surface area contributed by atoms with Crippen LogP contribution in [-0.2, 0) is 0 Å². The van der Waals surface area contributed by atoms with E-state index in [1.54, 1.807) is 0 Å². The first-order valence-corrected chi connectivity index (χ1v) is 7.10. The number of hydrogen-bond acceptors (Lipinski definition) is 2. The summed E-state index contributed by atoms with van der Waals surface area (Å²) in [6.07, 6.45) is 2.42. The molecule has 0 fully saturated rings. The average molecular weight is 269 g/mol. The molecule has 0 amide bonds. The van der Waals surface area contributed by atoms with Crippen LogP contribution in [0.15, 0.2) is 24.3 Å². The molecule has 0 spiro atoms. The summed E-state index contributed by atoms with van der Waals surface area (Å²) >= 11 is 6.06. The van der Waals surface area contributed by atoms with Gasteiger partial charge in [-0.3, -0.25) is 4.90 Å². The largest absolute Gasteiger partial charge is 0.318 e. The third kappa shape index (κ3) is 4.27. The summed E-state index contributed by atoms with van der Waals surface area (Å²) in [5, 5.41) is 4.10. The standard InChI is InChI=1S/C15H25ClN2/c1-5-7-15(11-17-3)18(4)12(2)13-8-6-9-14(16)10-13/h6,8-10,12,15,17H,5,7,11H2,1-4H3. The molecule has 0 aliphatic heterocycles. The van der Waals surface area contributed by atoms with Gasteiger partial charge in [-0.05, 0) is 45.1 Å². The van der Waals surface area contributed by atoms with E-state index in [2.05, 4.69) is 43.2 Å². The van der Waals surface area contributed by atoms with Gasteiger partial charge in [0.15, 0.2) is 0 Å². The lowest BCUT2D eigenvalue weighted by molar-refractivity contribution is 0.173. The lowest BCUT2D eigenvalue weighted by atomic mass is 10.0. The van der Waals surface area contributed by atoms with Crippen molar-refractivity contribution >= 4 is 11.6 Å². The number of nitrogens with one attached hydrogen (secondary N) is 1. The van der Waals surface area contributed by atoms with Crippen molar-refractivity contribution in [3.8, 4) is 0 Å². The minimum absolute atomic E-state index is 0.383. The fourth-order valence-electron chi connectivity index (χ4n) is 2.34. The topological polar surface area (TPSA) is 15.3 Å². The summed E-state index contributed by atoms with van der Waals surface area (Å²) in [5.74, 6) is 0. The molecule has 0 bridgehead atoms. The van der Waals surface area contributed by atoms with Gasteiger partial charge in [-0.25, -0.2) is 0 Å². The van der Waals surface area contributed by atoms with E-state index >= 15 is 0 Å². The van der Waals surface area contributed by atoms with Gasteiger partial charge in [-0.2, -0.15) is 0 Å². The van der Waals surface area contributed by atoms with Gasteiger partial charge in [0.25, 0.3) is 0 Å². The van der Waals surface area contributed by atoms with Crippen LogP contribution in [0, 0.1) is 0 Å². The summed E-state index contributed by atoms with van der Waals surface area (Å²) in [7, 11) is 4.21. The van der Waals surface area contributed by atoms with E-state index in [-0.39, 0.29) is 0 Å². The molecule has 0 saturated heterocycles. The minimum atomic E-state index is 0.383. The summed E-state index contributed by atoms with van der Waals surface area (Å²) in [6.45, 7) is 5.50. The fraction of sp³-hybridized carbons (Fsp3) is 0.600. The summed E-state index contributed by atoms with van der Waals surface area (Å²) in [4.78, 5) is 2.44. The molecule has 0 aliphatic carbocycles. The predicted octanol–water partition coefficient (Wildman–Crippen LogP) is 3.72. The minimum Gasteiger partial charge on any atom is -0.318 e. The number of likely N-dealkylation sites (N-methyl/N-ethyl adjacent to an activating group) is 2. The first kappa shape index (κ1) is 15.5. The monoisotopic (exact) mass is 268 g/mol. The van der Waals surface area contributed by atoms with Crippen LogP contribution in [0.4, 0.5) is 0 Å². The van der Waals surface area contributed by atoms with Crippen LogP contribution in [0.3, 0.4) is 0 Å². The number of halogens is 1. The van der Waals surface area contributed by atoms with Crippen molar-refractivity contribution in [2.75, 3.05) is 20.6 Å². The van der Waals surface area contributed by atoms with Gasteiger partial charge in [0.2, 0.25) is 0 Å². The van der Waals surface area contributed by atoms with Crippen LogP contribution in [0.2, 0.25) is 5.02 Å². The van der Waals surface area contributed by atoms with E-state index in [1.807, 2.05) is 19.2 Å². The highest BCUT2D eigenvalue weighted by atomic mass is 35.5. The maximum Gasteiger partial charge on any atom is 0.0409 e. The molecule has 2 unspecified atom stereocenters. The van der Waals surface area contributed by atoms with Gasteiger partial charge < -0.3 is 5.32 Å². The van der Waals surface area contributed by atoms with Crippen LogP contribution < -0.4 is 5.32 Å². The third-order valence-electron chi connectivity index (χ3n) is 3.58. The lowest BCUT2D eigenvalue weighted by Gasteiger charge is -2.33. The Bertz CT molecular complexity index is 348. The van der Waals surface area contributed by atoms with E-state index < -0.39 is 0 Å². The van der Waals surface area contributed by atoms with Crippen LogP contribution in [-0.4, -0.2) is 31.6 Å². The highest BCUT2D eigenvalue weighted by molar-refractivity contribution is 6.30. The van der Waals surface area contributed by atoms with Gasteiger partial charge in [0.05, 0.1) is 0 Å². The second-order valence-electron chi connectivity index (χ2n) is 4.90. The Morgan fingerprint density at radius 1 is 1.39 bits per heavy atom. The average Bonchev–Trinajstić information content (AvgIpc) is 2.37. The van der Waals surface area contributed by atoms with Crippen LogP contribution in [0.5, 0.6) is 0 Å². The van der Waals surface area contributed by atoms with Crippen molar-refractivity contribution < 1.29 is 0 Å². The summed E-state index contributed by atoms with van der Waals surface area (Å²) in [6, 6.07) is 9.10. The van der Waals surface area contributed by atoms with Crippen molar-refractivity contribution in [1.82, 2.24) is 10.2 Å². The zero-order valence-electron chi connectivity index (χ0n) is 11.9. The Morgan fingerprint density at radius 3 is 2.67 bits per heavy atom. The van der Waals surface area contributed by atoms with E-state index in [0.717, 1.165) is 11.6 Å². The van der Waals surface area contributed by atoms with Gasteiger partial charge in [0.1, 0.15) is 0 Å². The highest BCUT2D eigenvalue weighted by Gasteiger charge is 2.19. The molecule has 1 N–H and O–H groups in total. The first-order chi connectivity index (χ1) is 8.60. The van der Waals surface area contributed by atoms with Gasteiger partial charge in [-0.15, -0.1) is 0 Å². The number of hydrogen-bond donors (Lipinski definition) is 1. The van der Waals surface area contributed by atoms with E-state index in [9.17, 15) is 0 Å². The molecule has 1 aromatic carbocycles. The second-order valence-corrected chi connectivity index (χ2v) is 5.33. The predicted molar refractivity (Wildman–Crippen MR) is 80.3 cm³/mol. The summed E-state index contributed by atoms with van der Waals surface area (Å²) in [5.41, 5.74) is 1.28. The Kier molecular flexibility index (Phi) is 6.69. The molecule has 0 aliphatic rings. The number of rotatable bonds is 7. The Balaban J connectivity index is 2.77. The zero-order chi connectivity index (χ0) is 13.5. The van der Waals surface area contributed by atoms with Crippen LogP contribution in [0.1, 0.15) is 38.3 Å². The van der Waals surface area contributed by atoms with Gasteiger partial charge >= 0.3 is 0 Å². The SMILES string of the molecule is CCCC(CNC)N(C)C(C)c1cccc(Cl)c1. The smallest absolute Gasteiger partial charge is 0.0409 e. The molecule has 2 nitrogen and oxygen atoms in total. The van der Waals surface area contributed by atoms with Crippen LogP contribution >= 0.6 is 11.6 Å². The van der Waals surface area contributed by atoms with E-state index in [4.69, 9.17) is 11.6 Å². The normalized spacial score (nSPS) is 14.8. The molecule has 0 radical (unpaired) electrons. The van der Waals surface area contributed by atoms with Crippen molar-refractivity contribution in [3.63, 3.8) is 0 Å². The van der Waals surface area contributed by atoms with Crippen LogP contribution in [0.25, 0.3) is 0 Å². The van der Waals surface area contributed by atoms with Gasteiger partial charge in [-0.1, -0.05) is 37.1 Å². The zero-order valence-corrected chi connectivity index (χ0v) is 12.7. The van der Waals surface area contributed by atoms with Crippen molar-refractivity contribution in [3.05, 3.63) is 34.9 Å². The Hall–Kier alpha value is -0.570. The molecule has 0 saturated carbocycles. The van der Waals surface area contributed by atoms with Gasteiger partial charge in [0, 0.05) is 23.7 Å². The molecular formula is C15H25ClN2. The highest BCUT2D eigenvalue weighted by Crippen LogP contribution is 2.24. The maximum atomic E-state index is 6.06. The van der Waals surface area contributed by atoms with Crippen molar-refractivity contribution in [1.29, 1.82) is 0 Å². The van der Waals surface area contributed by atoms with E-state index in [1.165, 1.54) is 18.4 Å². The molecule has 102 valence electrons. The molecule has 2 atom stereocenters. The first-order valence-electron chi connectivity index (χ1n) is 6.72. The lowest BCUT2D eigenvalue weighted by Crippen LogP contribution is -2.40. The fourth-order valence-corrected chi connectivity index (χ4v) is 2.54. The Morgan fingerprint density at radius 2 is 2.11 bits per heavy atom. The summed E-state index contributed by atoms with van der Waals surface area (Å²) < 4.78 is 0. The third-order valence-corrected chi connectivity index (χ3v) is 3.81. The molecule has 18 heavy (non-hydrogen) atoms. The van der Waals surface area contributed by atoms with Crippen molar-refractivity contribution in [2.24, 2.45) is 0 Å². The Labute approximate surface area is 116 Å². The number of benzene rings is 1. The molecule has 1 aromatic rings. The molecule has 3 heteroatoms. The molecule has 1 rings (SSSR count).